The molecular formula is C21H20F4N4O2. The monoisotopic (exact) mass is 436 g/mol. The molecular weight excluding hydrogens is 416 g/mol. The highest BCUT2D eigenvalue weighted by Gasteiger charge is 2.33. The maximum atomic E-state index is 14.4. The first-order valence-electron chi connectivity index (χ1n) is 9.57. The van der Waals surface area contributed by atoms with E-state index in [9.17, 15) is 17.6 Å². The molecule has 0 amide bonds. The van der Waals surface area contributed by atoms with Gasteiger partial charge in [-0.2, -0.15) is 13.2 Å². The van der Waals surface area contributed by atoms with Crippen LogP contribution in [-0.4, -0.2) is 47.0 Å². The van der Waals surface area contributed by atoms with Crippen LogP contribution in [0.5, 0.6) is 11.5 Å². The smallest absolute Gasteiger partial charge is 0.433 e. The van der Waals surface area contributed by atoms with Crippen molar-refractivity contribution in [2.24, 2.45) is 4.99 Å². The summed E-state index contributed by atoms with van der Waals surface area (Å²) < 4.78 is 63.7. The van der Waals surface area contributed by atoms with Crippen LogP contribution >= 0.6 is 0 Å². The molecule has 164 valence electrons. The summed E-state index contributed by atoms with van der Waals surface area (Å²) in [7, 11) is 2.01. The topological polar surface area (TPSA) is 50.2 Å². The first kappa shape index (κ1) is 21.0. The number of aromatic nitrogens is 1. The molecule has 2 aromatic rings. The summed E-state index contributed by atoms with van der Waals surface area (Å²) in [5, 5.41) is 0. The summed E-state index contributed by atoms with van der Waals surface area (Å²) in [6.45, 7) is 3.62. The lowest BCUT2D eigenvalue weighted by molar-refractivity contribution is -0.141. The average Bonchev–Trinajstić information content (AvgIpc) is 3.01. The van der Waals surface area contributed by atoms with Crippen molar-refractivity contribution in [2.45, 2.75) is 25.7 Å². The van der Waals surface area contributed by atoms with E-state index in [1.54, 1.807) is 6.07 Å². The zero-order valence-electron chi connectivity index (χ0n) is 16.9. The standard InChI is InChI=1S/C21H20F4N4O2/c1-13-10-29-12-27-19(9-20(29)28(13)2)30-11-14-3-4-17(16(22)7-14)31-15-5-6-26-18(8-15)21(23,24)25/h3-9,13H,10-12H2,1-2H3/t13-/m0/s1. The molecule has 2 aliphatic heterocycles. The molecule has 0 bridgehead atoms. The largest absolute Gasteiger partial charge is 0.473 e. The molecule has 1 aromatic carbocycles. The zero-order chi connectivity index (χ0) is 22.2. The van der Waals surface area contributed by atoms with Crippen molar-refractivity contribution in [3.05, 3.63) is 65.5 Å². The molecule has 0 aliphatic carbocycles. The molecule has 4 rings (SSSR count). The van der Waals surface area contributed by atoms with Crippen LogP contribution in [0.2, 0.25) is 0 Å². The van der Waals surface area contributed by atoms with Crippen LogP contribution in [0.15, 0.2) is 53.4 Å². The van der Waals surface area contributed by atoms with Crippen LogP contribution in [-0.2, 0) is 17.5 Å². The van der Waals surface area contributed by atoms with Gasteiger partial charge >= 0.3 is 6.18 Å². The Morgan fingerprint density at radius 3 is 2.74 bits per heavy atom. The lowest BCUT2D eigenvalue weighted by Gasteiger charge is -2.24. The van der Waals surface area contributed by atoms with Crippen LogP contribution in [0.4, 0.5) is 17.6 Å². The van der Waals surface area contributed by atoms with Gasteiger partial charge in [-0.1, -0.05) is 6.07 Å². The maximum Gasteiger partial charge on any atom is 0.433 e. The minimum Gasteiger partial charge on any atom is -0.473 e. The predicted molar refractivity (Wildman–Crippen MR) is 105 cm³/mol. The molecule has 1 saturated heterocycles. The number of benzene rings is 1. The highest BCUT2D eigenvalue weighted by molar-refractivity contribution is 5.89. The third-order valence-electron chi connectivity index (χ3n) is 5.11. The molecule has 10 heteroatoms. The Bertz CT molecular complexity index is 1030. The highest BCUT2D eigenvalue weighted by Crippen LogP contribution is 2.32. The van der Waals surface area contributed by atoms with E-state index >= 15 is 0 Å². The minimum absolute atomic E-state index is 0.0898. The summed E-state index contributed by atoms with van der Waals surface area (Å²) in [5.41, 5.74) is -0.578. The third-order valence-corrected chi connectivity index (χ3v) is 5.11. The van der Waals surface area contributed by atoms with Crippen molar-refractivity contribution in [3.8, 4) is 11.5 Å². The van der Waals surface area contributed by atoms with E-state index in [-0.39, 0.29) is 18.1 Å². The summed E-state index contributed by atoms with van der Waals surface area (Å²) in [6, 6.07) is 6.47. The van der Waals surface area contributed by atoms with E-state index in [0.717, 1.165) is 24.6 Å². The molecule has 1 aromatic heterocycles. The number of hydrogen-bond donors (Lipinski definition) is 0. The van der Waals surface area contributed by atoms with Gasteiger partial charge in [0.15, 0.2) is 11.6 Å². The van der Waals surface area contributed by atoms with Gasteiger partial charge in [-0.15, -0.1) is 0 Å². The SMILES string of the molecule is C[C@H]1CN2CN=C(OCc3ccc(Oc4ccnc(C(F)(F)F)c4)c(F)c3)C=C2N1C. The highest BCUT2D eigenvalue weighted by atomic mass is 19.4. The molecule has 0 spiro atoms. The molecule has 0 unspecified atom stereocenters. The lowest BCUT2D eigenvalue weighted by atomic mass is 10.2. The van der Waals surface area contributed by atoms with Gasteiger partial charge in [0.2, 0.25) is 5.90 Å². The predicted octanol–water partition coefficient (Wildman–Crippen LogP) is 4.40. The Kier molecular flexibility index (Phi) is 5.47. The quantitative estimate of drug-likeness (QED) is 0.666. The van der Waals surface area contributed by atoms with Gasteiger partial charge in [0.1, 0.15) is 30.5 Å². The fourth-order valence-corrected chi connectivity index (χ4v) is 3.34. The number of hydrogen-bond acceptors (Lipinski definition) is 6. The first-order valence-corrected chi connectivity index (χ1v) is 9.57. The number of pyridine rings is 1. The van der Waals surface area contributed by atoms with Gasteiger partial charge in [0, 0.05) is 38.0 Å². The number of alkyl halides is 3. The van der Waals surface area contributed by atoms with E-state index in [0.29, 0.717) is 24.2 Å². The maximum absolute atomic E-state index is 14.4. The normalized spacial score (nSPS) is 18.5. The Morgan fingerprint density at radius 2 is 2.00 bits per heavy atom. The molecule has 1 atom stereocenters. The Hall–Kier alpha value is -3.30. The molecule has 1 fully saturated rings. The van der Waals surface area contributed by atoms with Crippen LogP contribution in [0.25, 0.3) is 0 Å². The molecule has 0 saturated carbocycles. The Morgan fingerprint density at radius 1 is 1.19 bits per heavy atom. The van der Waals surface area contributed by atoms with Crippen molar-refractivity contribution in [1.29, 1.82) is 0 Å². The second-order valence-corrected chi connectivity index (χ2v) is 7.35. The second-order valence-electron chi connectivity index (χ2n) is 7.35. The summed E-state index contributed by atoms with van der Waals surface area (Å²) in [5.74, 6) is 0.420. The van der Waals surface area contributed by atoms with Crippen LogP contribution in [0.1, 0.15) is 18.2 Å². The van der Waals surface area contributed by atoms with E-state index in [2.05, 4.69) is 26.7 Å². The molecule has 2 aliphatic rings. The number of aliphatic imine (C=N–C) groups is 1. The summed E-state index contributed by atoms with van der Waals surface area (Å²) in [6.07, 6.45) is -1.80. The van der Waals surface area contributed by atoms with Crippen molar-refractivity contribution in [3.63, 3.8) is 0 Å². The molecule has 31 heavy (non-hydrogen) atoms. The number of rotatable bonds is 4. The van der Waals surface area contributed by atoms with Gasteiger partial charge in [-0.25, -0.2) is 9.38 Å². The van der Waals surface area contributed by atoms with Gasteiger partial charge in [0.25, 0.3) is 0 Å². The van der Waals surface area contributed by atoms with Gasteiger partial charge in [-0.05, 0) is 30.7 Å². The first-order chi connectivity index (χ1) is 14.7. The van der Waals surface area contributed by atoms with E-state index in [1.807, 2.05) is 13.1 Å². The van der Waals surface area contributed by atoms with E-state index in [4.69, 9.17) is 9.47 Å². The van der Waals surface area contributed by atoms with Crippen LogP contribution in [0.3, 0.4) is 0 Å². The van der Waals surface area contributed by atoms with Gasteiger partial charge in [0.05, 0.1) is 0 Å². The summed E-state index contributed by atoms with van der Waals surface area (Å²) >= 11 is 0. The molecule has 3 heterocycles. The lowest BCUT2D eigenvalue weighted by Crippen LogP contribution is -2.27. The van der Waals surface area contributed by atoms with Crippen molar-refractivity contribution in [2.75, 3.05) is 20.3 Å². The number of ether oxygens (including phenoxy) is 2. The zero-order valence-corrected chi connectivity index (χ0v) is 16.9. The van der Waals surface area contributed by atoms with Crippen LogP contribution in [0, 0.1) is 5.82 Å². The van der Waals surface area contributed by atoms with E-state index < -0.39 is 17.7 Å². The number of likely N-dealkylation sites (N-methyl/N-ethyl adjacent to an activating group) is 1. The van der Waals surface area contributed by atoms with E-state index in [1.165, 1.54) is 18.2 Å². The fourth-order valence-electron chi connectivity index (χ4n) is 3.34. The van der Waals surface area contributed by atoms with Crippen molar-refractivity contribution >= 4 is 5.90 Å². The fraction of sp³-hybridized carbons (Fsp3) is 0.333. The minimum atomic E-state index is -4.61. The molecule has 0 N–H and O–H groups in total. The average molecular weight is 436 g/mol. The third kappa shape index (κ3) is 4.57. The Balaban J connectivity index is 1.40. The second kappa shape index (κ2) is 8.09. The van der Waals surface area contributed by atoms with Crippen LogP contribution < -0.4 is 4.74 Å². The summed E-state index contributed by atoms with van der Waals surface area (Å²) in [4.78, 5) is 11.9. The van der Waals surface area contributed by atoms with Crippen molar-refractivity contribution in [1.82, 2.24) is 14.8 Å². The van der Waals surface area contributed by atoms with Crippen molar-refractivity contribution < 1.29 is 27.0 Å². The number of halogens is 4. The molecule has 6 nitrogen and oxygen atoms in total. The Labute approximate surface area is 176 Å². The number of fused-ring (bicyclic) bond motifs is 1. The number of nitrogens with zero attached hydrogens (tertiary/aromatic N) is 4. The van der Waals surface area contributed by atoms with Gasteiger partial charge in [-0.3, -0.25) is 4.98 Å². The molecule has 0 radical (unpaired) electrons. The van der Waals surface area contributed by atoms with Gasteiger partial charge < -0.3 is 19.3 Å².